The van der Waals surface area contributed by atoms with Crippen LogP contribution < -0.4 is 10.6 Å². The van der Waals surface area contributed by atoms with Gasteiger partial charge in [0, 0.05) is 25.1 Å². The quantitative estimate of drug-likeness (QED) is 0.475. The van der Waals surface area contributed by atoms with Gasteiger partial charge < -0.3 is 15.1 Å². The van der Waals surface area contributed by atoms with E-state index in [2.05, 4.69) is 15.6 Å². The molecule has 0 spiro atoms. The molecular weight excluding hydrogens is 276 g/mol. The Bertz CT molecular complexity index is 693. The van der Waals surface area contributed by atoms with Crippen molar-refractivity contribution in [2.45, 2.75) is 12.8 Å². The summed E-state index contributed by atoms with van der Waals surface area (Å²) in [6, 6.07) is 4.76. The standard InChI is InChI=1S/C13H14N4O4/c18-12(8-4-5-8)14-6-7-15-13-16-11-9(17(19)20)2-1-3-10(11)21-13/h1-3,8H,4-7H2,(H,14,18)(H,15,16). The number of amides is 1. The molecule has 3 rings (SSSR count). The van der Waals surface area contributed by atoms with Crippen LogP contribution in [0.15, 0.2) is 22.6 Å². The highest BCUT2D eigenvalue weighted by atomic mass is 16.6. The van der Waals surface area contributed by atoms with Crippen LogP contribution in [0.5, 0.6) is 0 Å². The van der Waals surface area contributed by atoms with E-state index < -0.39 is 4.92 Å². The SMILES string of the molecule is O=C(NCCNc1nc2c([N+](=O)[O-])cccc2o1)C1CC1. The van der Waals surface area contributed by atoms with Gasteiger partial charge in [-0.2, -0.15) is 4.98 Å². The monoisotopic (exact) mass is 290 g/mol. The van der Waals surface area contributed by atoms with Gasteiger partial charge in [0.25, 0.3) is 11.7 Å². The number of nitro groups is 1. The zero-order chi connectivity index (χ0) is 14.8. The van der Waals surface area contributed by atoms with Crippen molar-refractivity contribution in [2.75, 3.05) is 18.4 Å². The Morgan fingerprint density at radius 3 is 2.95 bits per heavy atom. The molecule has 8 heteroatoms. The molecule has 1 aromatic heterocycles. The minimum Gasteiger partial charge on any atom is -0.423 e. The Hall–Kier alpha value is -2.64. The predicted octanol–water partition coefficient (Wildman–Crippen LogP) is 1.67. The summed E-state index contributed by atoms with van der Waals surface area (Å²) in [5.74, 6) is 0.252. The van der Waals surface area contributed by atoms with Crippen molar-refractivity contribution < 1.29 is 14.1 Å². The van der Waals surface area contributed by atoms with Crippen molar-refractivity contribution >= 4 is 28.7 Å². The number of rotatable bonds is 6. The first-order valence-electron chi connectivity index (χ1n) is 6.70. The summed E-state index contributed by atoms with van der Waals surface area (Å²) in [5.41, 5.74) is 0.479. The first-order valence-corrected chi connectivity index (χ1v) is 6.70. The lowest BCUT2D eigenvalue weighted by molar-refractivity contribution is -0.383. The zero-order valence-corrected chi connectivity index (χ0v) is 11.2. The molecule has 2 aromatic rings. The number of para-hydroxylation sites is 1. The van der Waals surface area contributed by atoms with Crippen LogP contribution in [0.2, 0.25) is 0 Å². The molecular formula is C13H14N4O4. The number of non-ortho nitro benzene ring substituents is 1. The highest BCUT2D eigenvalue weighted by molar-refractivity contribution is 5.84. The highest BCUT2D eigenvalue weighted by Crippen LogP contribution is 2.29. The molecule has 1 amide bonds. The van der Waals surface area contributed by atoms with E-state index in [9.17, 15) is 14.9 Å². The number of oxazole rings is 1. The van der Waals surface area contributed by atoms with Crippen molar-refractivity contribution in [3.05, 3.63) is 28.3 Å². The second-order valence-electron chi connectivity index (χ2n) is 4.89. The van der Waals surface area contributed by atoms with Gasteiger partial charge in [-0.3, -0.25) is 14.9 Å². The van der Waals surface area contributed by atoms with Gasteiger partial charge in [-0.05, 0) is 18.9 Å². The van der Waals surface area contributed by atoms with Gasteiger partial charge in [-0.25, -0.2) is 0 Å². The number of hydrogen-bond acceptors (Lipinski definition) is 6. The molecule has 0 saturated heterocycles. The van der Waals surface area contributed by atoms with Gasteiger partial charge in [0.2, 0.25) is 5.91 Å². The molecule has 1 aliphatic carbocycles. The van der Waals surface area contributed by atoms with Crippen LogP contribution in [0.4, 0.5) is 11.7 Å². The summed E-state index contributed by atoms with van der Waals surface area (Å²) in [5, 5.41) is 16.6. The Labute approximate surface area is 119 Å². The fourth-order valence-electron chi connectivity index (χ4n) is 2.00. The Kier molecular flexibility index (Phi) is 3.43. The summed E-state index contributed by atoms with van der Waals surface area (Å²) in [6.45, 7) is 0.898. The molecule has 0 aliphatic heterocycles. The zero-order valence-electron chi connectivity index (χ0n) is 11.2. The number of carbonyl (C=O) groups excluding carboxylic acids is 1. The number of benzene rings is 1. The second-order valence-corrected chi connectivity index (χ2v) is 4.89. The molecule has 1 aliphatic rings. The van der Waals surface area contributed by atoms with Gasteiger partial charge in [-0.15, -0.1) is 0 Å². The summed E-state index contributed by atoms with van der Waals surface area (Å²) >= 11 is 0. The number of nitrogens with one attached hydrogen (secondary N) is 2. The van der Waals surface area contributed by atoms with Crippen molar-refractivity contribution in [3.63, 3.8) is 0 Å². The average molecular weight is 290 g/mol. The van der Waals surface area contributed by atoms with Gasteiger partial charge in [-0.1, -0.05) is 6.07 Å². The number of fused-ring (bicyclic) bond motifs is 1. The van der Waals surface area contributed by atoms with Crippen LogP contribution in [-0.2, 0) is 4.79 Å². The molecule has 1 saturated carbocycles. The Morgan fingerprint density at radius 1 is 1.43 bits per heavy atom. The topological polar surface area (TPSA) is 110 Å². The van der Waals surface area contributed by atoms with Crippen LogP contribution in [0.3, 0.4) is 0 Å². The molecule has 21 heavy (non-hydrogen) atoms. The highest BCUT2D eigenvalue weighted by Gasteiger charge is 2.29. The van der Waals surface area contributed by atoms with Gasteiger partial charge in [0.1, 0.15) is 0 Å². The summed E-state index contributed by atoms with van der Waals surface area (Å²) in [6.07, 6.45) is 1.93. The number of aromatic nitrogens is 1. The van der Waals surface area contributed by atoms with Crippen LogP contribution in [-0.4, -0.2) is 28.9 Å². The second kappa shape index (κ2) is 5.39. The summed E-state index contributed by atoms with van der Waals surface area (Å²) in [4.78, 5) is 25.9. The van der Waals surface area contributed by atoms with E-state index in [1.807, 2.05) is 0 Å². The predicted molar refractivity (Wildman–Crippen MR) is 74.9 cm³/mol. The lowest BCUT2D eigenvalue weighted by Gasteiger charge is -2.03. The third kappa shape index (κ3) is 2.93. The Morgan fingerprint density at radius 2 is 2.24 bits per heavy atom. The number of anilines is 1. The van der Waals surface area contributed by atoms with Crippen LogP contribution in [0.25, 0.3) is 11.1 Å². The fourth-order valence-corrected chi connectivity index (χ4v) is 2.00. The number of nitrogens with zero attached hydrogens (tertiary/aromatic N) is 2. The maximum Gasteiger partial charge on any atom is 0.298 e. The molecule has 1 heterocycles. The molecule has 2 N–H and O–H groups in total. The first kappa shape index (κ1) is 13.3. The van der Waals surface area contributed by atoms with E-state index in [1.54, 1.807) is 12.1 Å². The molecule has 0 unspecified atom stereocenters. The van der Waals surface area contributed by atoms with E-state index in [4.69, 9.17) is 4.42 Å². The third-order valence-corrected chi connectivity index (χ3v) is 3.24. The molecule has 1 aromatic carbocycles. The van der Waals surface area contributed by atoms with Crippen LogP contribution >= 0.6 is 0 Å². The summed E-state index contributed by atoms with van der Waals surface area (Å²) < 4.78 is 5.39. The normalized spacial score (nSPS) is 14.1. The third-order valence-electron chi connectivity index (χ3n) is 3.24. The first-order chi connectivity index (χ1) is 10.1. The molecule has 110 valence electrons. The molecule has 8 nitrogen and oxygen atoms in total. The molecule has 0 radical (unpaired) electrons. The largest absolute Gasteiger partial charge is 0.423 e. The van der Waals surface area contributed by atoms with E-state index in [0.717, 1.165) is 12.8 Å². The van der Waals surface area contributed by atoms with E-state index in [1.165, 1.54) is 6.07 Å². The van der Waals surface area contributed by atoms with Crippen molar-refractivity contribution in [3.8, 4) is 0 Å². The van der Waals surface area contributed by atoms with E-state index in [-0.39, 0.29) is 29.0 Å². The van der Waals surface area contributed by atoms with Crippen molar-refractivity contribution in [1.82, 2.24) is 10.3 Å². The molecule has 1 fully saturated rings. The summed E-state index contributed by atoms with van der Waals surface area (Å²) in [7, 11) is 0. The van der Waals surface area contributed by atoms with E-state index in [0.29, 0.717) is 18.7 Å². The van der Waals surface area contributed by atoms with Gasteiger partial charge in [0.15, 0.2) is 11.1 Å². The lowest BCUT2D eigenvalue weighted by Crippen LogP contribution is -2.29. The lowest BCUT2D eigenvalue weighted by atomic mass is 10.3. The number of carbonyl (C=O) groups is 1. The van der Waals surface area contributed by atoms with E-state index >= 15 is 0 Å². The minimum atomic E-state index is -0.496. The van der Waals surface area contributed by atoms with Crippen LogP contribution in [0, 0.1) is 16.0 Å². The maximum atomic E-state index is 11.4. The van der Waals surface area contributed by atoms with Crippen molar-refractivity contribution in [2.24, 2.45) is 5.92 Å². The minimum absolute atomic E-state index is 0.0741. The van der Waals surface area contributed by atoms with Crippen molar-refractivity contribution in [1.29, 1.82) is 0 Å². The number of nitro benzene ring substituents is 1. The fraction of sp³-hybridized carbons (Fsp3) is 0.385. The Balaban J connectivity index is 1.60. The smallest absolute Gasteiger partial charge is 0.298 e. The molecule has 0 atom stereocenters. The maximum absolute atomic E-state index is 11.4. The van der Waals surface area contributed by atoms with Gasteiger partial charge >= 0.3 is 0 Å². The van der Waals surface area contributed by atoms with Gasteiger partial charge in [0.05, 0.1) is 4.92 Å². The number of hydrogen-bond donors (Lipinski definition) is 2. The average Bonchev–Trinajstić information content (AvgIpc) is 3.22. The van der Waals surface area contributed by atoms with Crippen LogP contribution in [0.1, 0.15) is 12.8 Å². The molecule has 0 bridgehead atoms.